The zero-order valence-electron chi connectivity index (χ0n) is 23.7. The third-order valence-corrected chi connectivity index (χ3v) is 8.80. The first-order valence-electron chi connectivity index (χ1n) is 13.1. The number of carbonyl (C=O) groups excluding carboxylic acids is 1. The molecule has 1 atom stereocenters. The van der Waals surface area contributed by atoms with Crippen molar-refractivity contribution in [2.75, 3.05) is 5.32 Å². The summed E-state index contributed by atoms with van der Waals surface area (Å²) >= 11 is 6.17. The largest absolute Gasteiger partial charge is 0.476 e. The number of carboxylic acid groups (broad SMARTS) is 1. The van der Waals surface area contributed by atoms with E-state index in [0.717, 1.165) is 11.1 Å². The first-order valence-corrected chi connectivity index (χ1v) is 15.0. The van der Waals surface area contributed by atoms with Gasteiger partial charge in [0.15, 0.2) is 5.69 Å². The third kappa shape index (κ3) is 6.33. The van der Waals surface area contributed by atoms with Gasteiger partial charge < -0.3 is 15.2 Å². The van der Waals surface area contributed by atoms with Crippen molar-refractivity contribution in [2.24, 2.45) is 0 Å². The summed E-state index contributed by atoms with van der Waals surface area (Å²) in [6.45, 7) is 8.88. The van der Waals surface area contributed by atoms with Crippen LogP contribution in [0.15, 0.2) is 65.6 Å². The number of carboxylic acids is 1. The summed E-state index contributed by atoms with van der Waals surface area (Å²) in [6, 6.07) is 15.7. The van der Waals surface area contributed by atoms with Crippen LogP contribution in [0.4, 0.5) is 5.69 Å². The lowest BCUT2D eigenvalue weighted by Crippen LogP contribution is -2.32. The van der Waals surface area contributed by atoms with Crippen molar-refractivity contribution < 1.29 is 27.9 Å². The van der Waals surface area contributed by atoms with Gasteiger partial charge in [0.2, 0.25) is 15.9 Å². The Bertz CT molecular complexity index is 1780. The number of aromatic nitrogens is 2. The lowest BCUT2D eigenvalue weighted by Gasteiger charge is -2.18. The van der Waals surface area contributed by atoms with Gasteiger partial charge in [0.05, 0.1) is 16.3 Å². The molecule has 4 aromatic rings. The average Bonchev–Trinajstić information content (AvgIpc) is 3.26. The molecule has 1 unspecified atom stereocenters. The molecule has 0 spiro atoms. The quantitative estimate of drug-likeness (QED) is 0.192. The second-order valence-corrected chi connectivity index (χ2v) is 11.9. The summed E-state index contributed by atoms with van der Waals surface area (Å²) < 4.78 is 37.3. The highest BCUT2D eigenvalue weighted by atomic mass is 35.5. The highest BCUT2D eigenvalue weighted by Gasteiger charge is 2.28. The van der Waals surface area contributed by atoms with Crippen molar-refractivity contribution in [2.45, 2.75) is 52.0 Å². The smallest absolute Gasteiger partial charge is 0.356 e. The van der Waals surface area contributed by atoms with Crippen LogP contribution in [0.3, 0.4) is 0 Å². The zero-order chi connectivity index (χ0) is 30.8. The van der Waals surface area contributed by atoms with Crippen molar-refractivity contribution >= 4 is 39.2 Å². The van der Waals surface area contributed by atoms with E-state index in [4.69, 9.17) is 16.3 Å². The molecular formula is C30H31ClN4O6S. The molecule has 12 heteroatoms. The molecule has 0 saturated carbocycles. The van der Waals surface area contributed by atoms with Crippen molar-refractivity contribution in [3.63, 3.8) is 0 Å². The van der Waals surface area contributed by atoms with Gasteiger partial charge in [-0.2, -0.15) is 9.78 Å². The van der Waals surface area contributed by atoms with Gasteiger partial charge >= 0.3 is 5.97 Å². The fourth-order valence-electron chi connectivity index (χ4n) is 4.17. The number of carbonyl (C=O) groups is 2. The first-order chi connectivity index (χ1) is 19.8. The minimum absolute atomic E-state index is 0.0361. The maximum atomic E-state index is 13.6. The number of aryl methyl sites for hydroxylation is 1. The number of hydrogen-bond acceptors (Lipinski definition) is 6. The Morgan fingerprint density at radius 2 is 1.76 bits per heavy atom. The molecule has 3 aromatic carbocycles. The fraction of sp³-hybridized carbons (Fsp3) is 0.233. The SMILES string of the molecule is CCC(C)NS(=O)(=O)c1cc(NC(=O)c2ccccc2Cl)ccc1Oc1c(C)c(C(=O)O)nn1-c1cccc(C)c1C. The molecule has 0 aliphatic heterocycles. The van der Waals surface area contributed by atoms with E-state index in [1.165, 1.54) is 29.8 Å². The Morgan fingerprint density at radius 1 is 1.05 bits per heavy atom. The number of hydrogen-bond donors (Lipinski definition) is 3. The second kappa shape index (κ2) is 12.4. The van der Waals surface area contributed by atoms with E-state index in [1.807, 2.05) is 26.8 Å². The van der Waals surface area contributed by atoms with Crippen LogP contribution in [0.2, 0.25) is 5.02 Å². The van der Waals surface area contributed by atoms with Gasteiger partial charge in [-0.15, -0.1) is 0 Å². The van der Waals surface area contributed by atoms with Gasteiger partial charge in [0, 0.05) is 17.3 Å². The summed E-state index contributed by atoms with van der Waals surface area (Å²) in [5.41, 5.74) is 2.73. The third-order valence-electron chi connectivity index (χ3n) is 6.86. The van der Waals surface area contributed by atoms with Gasteiger partial charge in [-0.05, 0) is 81.6 Å². The molecule has 3 N–H and O–H groups in total. The van der Waals surface area contributed by atoms with Crippen LogP contribution in [0.5, 0.6) is 11.6 Å². The van der Waals surface area contributed by atoms with Gasteiger partial charge in [0.1, 0.15) is 10.6 Å². The maximum Gasteiger partial charge on any atom is 0.356 e. The van der Waals surface area contributed by atoms with E-state index in [0.29, 0.717) is 12.1 Å². The summed E-state index contributed by atoms with van der Waals surface area (Å²) in [7, 11) is -4.17. The Morgan fingerprint density at radius 3 is 2.43 bits per heavy atom. The number of ether oxygens (including phenoxy) is 1. The molecule has 0 aliphatic rings. The molecule has 4 rings (SSSR count). The zero-order valence-corrected chi connectivity index (χ0v) is 25.3. The van der Waals surface area contributed by atoms with Crippen molar-refractivity contribution in [1.29, 1.82) is 0 Å². The Kier molecular flexibility index (Phi) is 9.05. The molecular weight excluding hydrogens is 580 g/mol. The van der Waals surface area contributed by atoms with Crippen LogP contribution in [0.25, 0.3) is 5.69 Å². The highest BCUT2D eigenvalue weighted by Crippen LogP contribution is 2.36. The standard InChI is InChI=1S/C30H31ClN4O6S/c1-6-18(3)34-42(39,40)26-16-21(32-28(36)22-11-7-8-12-23(22)31)14-15-25(26)41-29-20(5)27(30(37)38)33-35(29)24-13-9-10-17(2)19(24)4/h7-16,18,34H,6H2,1-5H3,(H,32,36)(H,37,38). The van der Waals surface area contributed by atoms with Crippen molar-refractivity contribution in [3.8, 4) is 17.3 Å². The molecule has 0 aliphatic carbocycles. The molecule has 0 radical (unpaired) electrons. The molecule has 220 valence electrons. The predicted octanol–water partition coefficient (Wildman–Crippen LogP) is 6.27. The summed E-state index contributed by atoms with van der Waals surface area (Å²) in [5.74, 6) is -1.84. The number of anilines is 1. The molecule has 0 bridgehead atoms. The summed E-state index contributed by atoms with van der Waals surface area (Å²) in [4.78, 5) is 24.7. The molecule has 1 heterocycles. The Balaban J connectivity index is 1.85. The lowest BCUT2D eigenvalue weighted by atomic mass is 10.1. The molecule has 0 saturated heterocycles. The number of sulfonamides is 1. The topological polar surface area (TPSA) is 140 Å². The van der Waals surface area contributed by atoms with Crippen molar-refractivity contribution in [1.82, 2.24) is 14.5 Å². The van der Waals surface area contributed by atoms with Crippen LogP contribution in [-0.4, -0.2) is 41.2 Å². The van der Waals surface area contributed by atoms with E-state index < -0.39 is 27.9 Å². The first kappa shape index (κ1) is 30.8. The molecule has 1 amide bonds. The van der Waals surface area contributed by atoms with E-state index in [1.54, 1.807) is 43.3 Å². The van der Waals surface area contributed by atoms with Crippen LogP contribution in [0, 0.1) is 20.8 Å². The number of benzene rings is 3. The van der Waals surface area contributed by atoms with E-state index in [9.17, 15) is 23.1 Å². The molecule has 1 aromatic heterocycles. The molecule has 10 nitrogen and oxygen atoms in total. The normalized spacial score (nSPS) is 12.1. The van der Waals surface area contributed by atoms with Gasteiger partial charge in [-0.25, -0.2) is 17.9 Å². The minimum Gasteiger partial charge on any atom is -0.476 e. The molecule has 42 heavy (non-hydrogen) atoms. The fourth-order valence-corrected chi connectivity index (χ4v) is 5.87. The molecule has 0 fully saturated rings. The van der Waals surface area contributed by atoms with E-state index in [-0.39, 0.29) is 44.1 Å². The van der Waals surface area contributed by atoms with Crippen LogP contribution >= 0.6 is 11.6 Å². The second-order valence-electron chi connectivity index (χ2n) is 9.84. The van der Waals surface area contributed by atoms with E-state index in [2.05, 4.69) is 15.1 Å². The highest BCUT2D eigenvalue weighted by molar-refractivity contribution is 7.89. The number of nitrogens with zero attached hydrogens (tertiary/aromatic N) is 2. The monoisotopic (exact) mass is 610 g/mol. The lowest BCUT2D eigenvalue weighted by molar-refractivity contribution is 0.0689. The minimum atomic E-state index is -4.17. The van der Waals surface area contributed by atoms with Gasteiger partial charge in [-0.1, -0.05) is 42.8 Å². The number of rotatable bonds is 10. The Labute approximate surface area is 249 Å². The Hall–Kier alpha value is -4.19. The maximum absolute atomic E-state index is 13.6. The van der Waals surface area contributed by atoms with Gasteiger partial charge in [0.25, 0.3) is 5.91 Å². The number of halogens is 1. The summed E-state index contributed by atoms with van der Waals surface area (Å²) in [5, 5.41) is 17.0. The van der Waals surface area contributed by atoms with Crippen LogP contribution in [0.1, 0.15) is 57.8 Å². The number of nitrogens with one attached hydrogen (secondary N) is 2. The number of amides is 1. The summed E-state index contributed by atoms with van der Waals surface area (Å²) in [6.07, 6.45) is 0.527. The average molecular weight is 611 g/mol. The predicted molar refractivity (Wildman–Crippen MR) is 161 cm³/mol. The van der Waals surface area contributed by atoms with Crippen LogP contribution in [-0.2, 0) is 10.0 Å². The van der Waals surface area contributed by atoms with Gasteiger partial charge in [-0.3, -0.25) is 4.79 Å². The van der Waals surface area contributed by atoms with Crippen LogP contribution < -0.4 is 14.8 Å². The number of aromatic carboxylic acids is 1. The van der Waals surface area contributed by atoms with Crippen molar-refractivity contribution in [3.05, 3.63) is 93.6 Å². The van der Waals surface area contributed by atoms with E-state index >= 15 is 0 Å².